The summed E-state index contributed by atoms with van der Waals surface area (Å²) in [5, 5.41) is 7.42. The van der Waals surface area contributed by atoms with Crippen molar-refractivity contribution in [2.24, 2.45) is 0 Å². The number of carboxylic acids is 1. The Morgan fingerprint density at radius 2 is 1.67 bits per heavy atom. The van der Waals surface area contributed by atoms with Gasteiger partial charge in [0.15, 0.2) is 0 Å². The molecule has 3 heteroatoms. The van der Waals surface area contributed by atoms with Gasteiger partial charge in [0.1, 0.15) is 0 Å². The third-order valence-corrected chi connectivity index (χ3v) is 0. The summed E-state index contributed by atoms with van der Waals surface area (Å²) in [6, 6.07) is 0. The van der Waals surface area contributed by atoms with Crippen molar-refractivity contribution in [2.45, 2.75) is 14.4 Å². The van der Waals surface area contributed by atoms with Crippen LogP contribution in [-0.2, 0) is 21.9 Å². The van der Waals surface area contributed by atoms with Gasteiger partial charge in [-0.15, -0.1) is 0 Å². The summed E-state index contributed by atoms with van der Waals surface area (Å²) in [5.74, 6) is -0.833. The monoisotopic (exact) mass is 131 g/mol. The number of carbonyl (C=O) groups is 1. The van der Waals surface area contributed by atoms with Crippen molar-refractivity contribution in [1.29, 1.82) is 0 Å². The second kappa shape index (κ2) is 8.89. The van der Waals surface area contributed by atoms with Gasteiger partial charge in [0.25, 0.3) is 5.97 Å². The van der Waals surface area contributed by atoms with E-state index in [1.807, 2.05) is 0 Å². The Hall–Kier alpha value is -0.0105. The SMILES string of the molecule is C.CC(=O)O.[Mn]. The summed E-state index contributed by atoms with van der Waals surface area (Å²) in [7, 11) is 0. The molecule has 1 N–H and O–H groups in total. The first kappa shape index (κ1) is 16.7. The molecule has 0 heterocycles. The van der Waals surface area contributed by atoms with Gasteiger partial charge in [-0.05, 0) is 0 Å². The predicted molar refractivity (Wildman–Crippen MR) is 20.0 cm³/mol. The Kier molecular flexibility index (Phi) is 24.7. The van der Waals surface area contributed by atoms with Crippen LogP contribution in [0.3, 0.4) is 0 Å². The molecule has 0 amide bonds. The van der Waals surface area contributed by atoms with Gasteiger partial charge in [0.05, 0.1) is 0 Å². The largest absolute Gasteiger partial charge is 0.481 e. The van der Waals surface area contributed by atoms with Crippen molar-refractivity contribution in [2.75, 3.05) is 0 Å². The van der Waals surface area contributed by atoms with Crippen molar-refractivity contribution in [1.82, 2.24) is 0 Å². The minimum absolute atomic E-state index is 0. The van der Waals surface area contributed by atoms with Gasteiger partial charge in [-0.1, -0.05) is 7.43 Å². The maximum atomic E-state index is 9.00. The Labute approximate surface area is 48.0 Å². The van der Waals surface area contributed by atoms with Gasteiger partial charge >= 0.3 is 0 Å². The topological polar surface area (TPSA) is 37.3 Å². The zero-order chi connectivity index (χ0) is 3.58. The first-order chi connectivity index (χ1) is 1.73. The molecule has 0 saturated heterocycles. The minimum Gasteiger partial charge on any atom is -0.481 e. The van der Waals surface area contributed by atoms with Gasteiger partial charge in [-0.2, -0.15) is 0 Å². The molecule has 1 radical (unpaired) electrons. The van der Waals surface area contributed by atoms with E-state index < -0.39 is 5.97 Å². The number of hydrogen-bond donors (Lipinski definition) is 1. The second-order valence-corrected chi connectivity index (χ2v) is 0.519. The molecule has 0 aromatic carbocycles. The van der Waals surface area contributed by atoms with Crippen LogP contribution in [0, 0.1) is 0 Å². The smallest absolute Gasteiger partial charge is 0.300 e. The van der Waals surface area contributed by atoms with Gasteiger partial charge < -0.3 is 5.11 Å². The average molecular weight is 131 g/mol. The van der Waals surface area contributed by atoms with E-state index in [0.29, 0.717) is 0 Å². The molecule has 0 aliphatic heterocycles. The molecular weight excluding hydrogens is 123 g/mol. The van der Waals surface area contributed by atoms with Crippen molar-refractivity contribution < 1.29 is 27.0 Å². The normalized spacial score (nSPS) is 4.17. The molecule has 0 aliphatic carbocycles. The second-order valence-electron chi connectivity index (χ2n) is 0.519. The summed E-state index contributed by atoms with van der Waals surface area (Å²) in [6.07, 6.45) is 0. The van der Waals surface area contributed by atoms with Crippen molar-refractivity contribution in [3.05, 3.63) is 0 Å². The molecule has 6 heavy (non-hydrogen) atoms. The maximum Gasteiger partial charge on any atom is 0.300 e. The first-order valence-electron chi connectivity index (χ1n) is 0.928. The summed E-state index contributed by atoms with van der Waals surface area (Å²) < 4.78 is 0. The van der Waals surface area contributed by atoms with Crippen molar-refractivity contribution in [3.8, 4) is 0 Å². The molecule has 0 aromatic heterocycles. The molecule has 0 spiro atoms. The Morgan fingerprint density at radius 1 is 1.67 bits per heavy atom. The van der Waals surface area contributed by atoms with Crippen molar-refractivity contribution in [3.63, 3.8) is 0 Å². The summed E-state index contributed by atoms with van der Waals surface area (Å²) in [6.45, 7) is 1.08. The molecule has 0 fully saturated rings. The zero-order valence-corrected chi connectivity index (χ0v) is 3.91. The van der Waals surface area contributed by atoms with Crippen LogP contribution in [0.15, 0.2) is 0 Å². The fraction of sp³-hybridized carbons (Fsp3) is 0.667. The molecule has 0 aliphatic rings. The van der Waals surface area contributed by atoms with E-state index in [4.69, 9.17) is 9.90 Å². The van der Waals surface area contributed by atoms with Crippen LogP contribution in [0.1, 0.15) is 14.4 Å². The first-order valence-corrected chi connectivity index (χ1v) is 0.928. The molecule has 0 bridgehead atoms. The zero-order valence-electron chi connectivity index (χ0n) is 2.73. The van der Waals surface area contributed by atoms with Crippen LogP contribution >= 0.6 is 0 Å². The van der Waals surface area contributed by atoms with E-state index in [-0.39, 0.29) is 24.5 Å². The summed E-state index contributed by atoms with van der Waals surface area (Å²) in [4.78, 5) is 9.00. The standard InChI is InChI=1S/C2H4O2.CH4.Mn/c1-2(3)4;;/h1H3,(H,3,4);1H4;. The summed E-state index contributed by atoms with van der Waals surface area (Å²) >= 11 is 0. The van der Waals surface area contributed by atoms with E-state index in [9.17, 15) is 0 Å². The number of rotatable bonds is 0. The Morgan fingerprint density at radius 3 is 1.67 bits per heavy atom. The van der Waals surface area contributed by atoms with E-state index in [0.717, 1.165) is 6.92 Å². The quantitative estimate of drug-likeness (QED) is 0.492. The third-order valence-electron chi connectivity index (χ3n) is 0. The van der Waals surface area contributed by atoms with Gasteiger partial charge in [-0.3, -0.25) is 4.79 Å². The molecule has 2 nitrogen and oxygen atoms in total. The van der Waals surface area contributed by atoms with Gasteiger partial charge in [-0.25, -0.2) is 0 Å². The minimum atomic E-state index is -0.833. The van der Waals surface area contributed by atoms with Crippen LogP contribution in [0.5, 0.6) is 0 Å². The van der Waals surface area contributed by atoms with Crippen LogP contribution < -0.4 is 0 Å². The molecule has 0 saturated carbocycles. The fourth-order valence-electron chi connectivity index (χ4n) is 0. The third kappa shape index (κ3) is 322000. The molecule has 0 atom stereocenters. The summed E-state index contributed by atoms with van der Waals surface area (Å²) in [5.41, 5.74) is 0. The average Bonchev–Trinajstić information content (AvgIpc) is 0.811. The van der Waals surface area contributed by atoms with Gasteiger partial charge in [0, 0.05) is 24.0 Å². The predicted octanol–water partition coefficient (Wildman–Crippen LogP) is 0.724. The van der Waals surface area contributed by atoms with Crippen LogP contribution in [-0.4, -0.2) is 11.1 Å². The number of aliphatic carboxylic acids is 1. The van der Waals surface area contributed by atoms with Crippen molar-refractivity contribution >= 4 is 5.97 Å². The number of hydrogen-bond acceptors (Lipinski definition) is 1. The van der Waals surface area contributed by atoms with Crippen LogP contribution in [0.25, 0.3) is 0 Å². The van der Waals surface area contributed by atoms with Crippen LogP contribution in [0.2, 0.25) is 0 Å². The van der Waals surface area contributed by atoms with Gasteiger partial charge in [0.2, 0.25) is 0 Å². The Balaban J connectivity index is -0.0000000450. The maximum absolute atomic E-state index is 9.00. The fourth-order valence-corrected chi connectivity index (χ4v) is 0. The molecule has 0 aromatic rings. The molecular formula is C3H8MnO2. The molecule has 0 rings (SSSR count). The van der Waals surface area contributed by atoms with Crippen LogP contribution in [0.4, 0.5) is 0 Å². The van der Waals surface area contributed by atoms with E-state index >= 15 is 0 Å². The molecule has 39 valence electrons. The Bertz CT molecular complexity index is 31.8. The van der Waals surface area contributed by atoms with E-state index in [1.165, 1.54) is 0 Å². The van der Waals surface area contributed by atoms with E-state index in [2.05, 4.69) is 0 Å². The van der Waals surface area contributed by atoms with E-state index in [1.54, 1.807) is 0 Å². The molecule has 0 unspecified atom stereocenters. The number of carboxylic acid groups (broad SMARTS) is 1.